The number of hydrogen-bond acceptors (Lipinski definition) is 11. The zero-order chi connectivity index (χ0) is 32.9. The SMILES string of the molecule is Cc1ccc(S(=O)OCC2OC(n3ccc4c(N(C(=O)OC(C)(C)C)C(=O)OC(C)(C)C)ncnc43)[C@@H]3OC(C)(C)O[C@H]23)cc1. The number of nitrogens with zero attached hydrogens (tertiary/aromatic N) is 4. The lowest BCUT2D eigenvalue weighted by Crippen LogP contribution is -2.44. The number of amides is 2. The molecule has 1 aromatic carbocycles. The molecule has 4 heterocycles. The highest BCUT2D eigenvalue weighted by Gasteiger charge is 2.56. The van der Waals surface area contributed by atoms with Crippen LogP contribution in [0.25, 0.3) is 11.0 Å². The molecule has 2 aliphatic heterocycles. The van der Waals surface area contributed by atoms with Crippen LogP contribution in [0.4, 0.5) is 15.4 Å². The second-order valence-corrected chi connectivity index (χ2v) is 14.6. The summed E-state index contributed by atoms with van der Waals surface area (Å²) in [6.45, 7) is 15.7. The van der Waals surface area contributed by atoms with Crippen molar-refractivity contribution in [1.29, 1.82) is 0 Å². The molecule has 0 bridgehead atoms. The molecule has 0 aliphatic carbocycles. The summed E-state index contributed by atoms with van der Waals surface area (Å²) < 4.78 is 50.3. The van der Waals surface area contributed by atoms with Gasteiger partial charge >= 0.3 is 12.2 Å². The van der Waals surface area contributed by atoms with Gasteiger partial charge in [0.2, 0.25) is 0 Å². The Bertz CT molecular complexity index is 1570. The number of carbonyl (C=O) groups excluding carboxylic acids is 2. The van der Waals surface area contributed by atoms with Crippen LogP contribution in [0.5, 0.6) is 0 Å². The molecule has 14 heteroatoms. The summed E-state index contributed by atoms with van der Waals surface area (Å²) in [6, 6.07) is 8.91. The van der Waals surface area contributed by atoms with Crippen LogP contribution in [0.2, 0.25) is 0 Å². The minimum atomic E-state index is -1.71. The van der Waals surface area contributed by atoms with Crippen molar-refractivity contribution in [2.75, 3.05) is 11.5 Å². The highest BCUT2D eigenvalue weighted by molar-refractivity contribution is 7.80. The fourth-order valence-corrected chi connectivity index (χ4v) is 5.82. The van der Waals surface area contributed by atoms with E-state index in [4.69, 9.17) is 27.9 Å². The summed E-state index contributed by atoms with van der Waals surface area (Å²) in [7, 11) is 0. The highest BCUT2D eigenvalue weighted by Crippen LogP contribution is 2.44. The van der Waals surface area contributed by atoms with Crippen molar-refractivity contribution in [2.45, 2.75) is 109 Å². The van der Waals surface area contributed by atoms with Crippen molar-refractivity contribution in [3.8, 4) is 0 Å². The average Bonchev–Trinajstić information content (AvgIpc) is 3.57. The van der Waals surface area contributed by atoms with Gasteiger partial charge in [-0.3, -0.25) is 4.18 Å². The van der Waals surface area contributed by atoms with E-state index >= 15 is 0 Å². The Morgan fingerprint density at radius 2 is 1.56 bits per heavy atom. The van der Waals surface area contributed by atoms with Crippen LogP contribution in [0.15, 0.2) is 47.8 Å². The second-order valence-electron chi connectivity index (χ2n) is 13.4. The molecule has 13 nitrogen and oxygen atoms in total. The molecule has 0 spiro atoms. The zero-order valence-corrected chi connectivity index (χ0v) is 27.7. The lowest BCUT2D eigenvalue weighted by Gasteiger charge is -2.28. The van der Waals surface area contributed by atoms with Gasteiger partial charge < -0.3 is 28.3 Å². The van der Waals surface area contributed by atoms with Crippen LogP contribution in [0, 0.1) is 6.92 Å². The summed E-state index contributed by atoms with van der Waals surface area (Å²) in [5.41, 5.74) is -0.381. The van der Waals surface area contributed by atoms with Crippen LogP contribution >= 0.6 is 0 Å². The Labute approximate surface area is 264 Å². The first-order valence-corrected chi connectivity index (χ1v) is 15.7. The van der Waals surface area contributed by atoms with Gasteiger partial charge in [0.05, 0.1) is 16.9 Å². The number of aryl methyl sites for hydroxylation is 1. The molecule has 2 aromatic heterocycles. The van der Waals surface area contributed by atoms with Crippen molar-refractivity contribution < 1.29 is 41.7 Å². The predicted octanol–water partition coefficient (Wildman–Crippen LogP) is 5.57. The molecule has 0 N–H and O–H groups in total. The first-order chi connectivity index (χ1) is 20.9. The van der Waals surface area contributed by atoms with Crippen LogP contribution in [-0.2, 0) is 38.9 Å². The van der Waals surface area contributed by atoms with Gasteiger partial charge in [-0.2, -0.15) is 4.90 Å². The predicted molar refractivity (Wildman–Crippen MR) is 164 cm³/mol. The first kappa shape index (κ1) is 32.9. The molecule has 3 aromatic rings. The quantitative estimate of drug-likeness (QED) is 0.332. The minimum absolute atomic E-state index is 0.0194. The third-order valence-corrected chi connectivity index (χ3v) is 7.81. The molecular formula is C31H40N4O9S. The van der Waals surface area contributed by atoms with Gasteiger partial charge in [0.25, 0.3) is 0 Å². The van der Waals surface area contributed by atoms with E-state index in [0.29, 0.717) is 15.9 Å². The molecular weight excluding hydrogens is 604 g/mol. The van der Waals surface area contributed by atoms with Crippen LogP contribution in [0.1, 0.15) is 67.2 Å². The highest BCUT2D eigenvalue weighted by atomic mass is 32.2. The summed E-state index contributed by atoms with van der Waals surface area (Å²) >= 11 is -1.71. The number of fused-ring (bicyclic) bond motifs is 2. The van der Waals surface area contributed by atoms with Gasteiger partial charge in [-0.25, -0.2) is 23.8 Å². The summed E-state index contributed by atoms with van der Waals surface area (Å²) in [5.74, 6) is -0.937. The standard InChI is InChI=1S/C31H40N4O9S/c1-18-10-12-19(13-11-18)45(38)39-16-21-22-23(42-31(8,9)41-22)26(40-21)34-15-14-20-24(34)32-17-33-25(20)35(27(36)43-29(2,3)4)28(37)44-30(5,6)7/h10-15,17,21-23,26H,16H2,1-9H3/t21?,22-,23-,26?,45?/m1/s1. The van der Waals surface area contributed by atoms with Gasteiger partial charge in [-0.05, 0) is 80.5 Å². The lowest BCUT2D eigenvalue weighted by atomic mass is 10.1. The van der Waals surface area contributed by atoms with Crippen molar-refractivity contribution >= 4 is 40.1 Å². The maximum Gasteiger partial charge on any atom is 0.425 e. The van der Waals surface area contributed by atoms with Crippen molar-refractivity contribution in [3.05, 3.63) is 48.4 Å². The number of benzene rings is 1. The second kappa shape index (κ2) is 12.1. The molecule has 2 saturated heterocycles. The smallest absolute Gasteiger partial charge is 0.425 e. The van der Waals surface area contributed by atoms with E-state index < -0.39 is 64.8 Å². The number of carbonyl (C=O) groups is 2. The molecule has 0 radical (unpaired) electrons. The van der Waals surface area contributed by atoms with Crippen molar-refractivity contribution in [3.63, 3.8) is 0 Å². The number of hydrogen-bond donors (Lipinski definition) is 0. The Morgan fingerprint density at radius 1 is 0.956 bits per heavy atom. The Kier molecular flexibility index (Phi) is 8.83. The average molecular weight is 645 g/mol. The van der Waals surface area contributed by atoms with Gasteiger partial charge in [-0.15, -0.1) is 0 Å². The lowest BCUT2D eigenvalue weighted by molar-refractivity contribution is -0.198. The molecule has 244 valence electrons. The summed E-state index contributed by atoms with van der Waals surface area (Å²) in [4.78, 5) is 36.7. The third kappa shape index (κ3) is 7.36. The normalized spacial score (nSPS) is 23.5. The molecule has 2 amide bonds. The van der Waals surface area contributed by atoms with E-state index in [-0.39, 0.29) is 12.4 Å². The van der Waals surface area contributed by atoms with E-state index in [2.05, 4.69) is 9.97 Å². The van der Waals surface area contributed by atoms with Crippen molar-refractivity contribution in [2.24, 2.45) is 0 Å². The molecule has 3 unspecified atom stereocenters. The molecule has 2 fully saturated rings. The maximum atomic E-state index is 13.3. The fourth-order valence-electron chi connectivity index (χ4n) is 5.07. The van der Waals surface area contributed by atoms with Gasteiger partial charge in [-0.1, -0.05) is 17.7 Å². The largest absolute Gasteiger partial charge is 0.443 e. The van der Waals surface area contributed by atoms with Crippen LogP contribution < -0.4 is 4.90 Å². The Morgan fingerprint density at radius 3 is 2.16 bits per heavy atom. The van der Waals surface area contributed by atoms with Crippen LogP contribution in [-0.4, -0.2) is 72.8 Å². The molecule has 5 atom stereocenters. The number of ether oxygens (including phenoxy) is 5. The third-order valence-electron chi connectivity index (χ3n) is 6.80. The van der Waals surface area contributed by atoms with E-state index in [1.807, 2.05) is 19.1 Å². The number of rotatable bonds is 6. The van der Waals surface area contributed by atoms with E-state index in [1.54, 1.807) is 84.4 Å². The topological polar surface area (TPSA) is 141 Å². The Balaban J connectivity index is 1.46. The molecule has 5 rings (SSSR count). The van der Waals surface area contributed by atoms with Gasteiger partial charge in [0, 0.05) is 6.20 Å². The Hall–Kier alpha value is -3.43. The number of imide groups is 1. The van der Waals surface area contributed by atoms with Gasteiger partial charge in [0.1, 0.15) is 41.5 Å². The number of anilines is 1. The van der Waals surface area contributed by atoms with E-state index in [0.717, 1.165) is 10.5 Å². The maximum absolute atomic E-state index is 13.3. The first-order valence-electron chi connectivity index (χ1n) is 14.6. The molecule has 45 heavy (non-hydrogen) atoms. The van der Waals surface area contributed by atoms with E-state index in [1.165, 1.54) is 6.33 Å². The molecule has 0 saturated carbocycles. The minimum Gasteiger partial charge on any atom is -0.443 e. The summed E-state index contributed by atoms with van der Waals surface area (Å²) in [5, 5.41) is 0.368. The molecule has 2 aliphatic rings. The summed E-state index contributed by atoms with van der Waals surface area (Å²) in [6.07, 6.45) is -1.45. The zero-order valence-electron chi connectivity index (χ0n) is 26.9. The fraction of sp³-hybridized carbons (Fsp3) is 0.548. The monoisotopic (exact) mass is 644 g/mol. The van der Waals surface area contributed by atoms with Crippen LogP contribution in [0.3, 0.4) is 0 Å². The van der Waals surface area contributed by atoms with Gasteiger partial charge in [0.15, 0.2) is 28.9 Å². The number of aromatic nitrogens is 3. The van der Waals surface area contributed by atoms with Crippen molar-refractivity contribution in [1.82, 2.24) is 14.5 Å². The van der Waals surface area contributed by atoms with E-state index in [9.17, 15) is 13.8 Å².